The molecule has 0 spiro atoms. The Morgan fingerprint density at radius 3 is 2.39 bits per heavy atom. The lowest BCUT2D eigenvalue weighted by molar-refractivity contribution is -0.129. The topological polar surface area (TPSA) is 53.1 Å². The van der Waals surface area contributed by atoms with Gasteiger partial charge in [-0.15, -0.1) is 0 Å². The third-order valence-corrected chi connectivity index (χ3v) is 5.76. The van der Waals surface area contributed by atoms with Crippen molar-refractivity contribution < 1.29 is 14.3 Å². The SMILES string of the molecule is COc1ccc([C@@H](CN2C(=O)[C@H]3Cc4ccccc4CN3C2=O)N(C)C)cc1. The van der Waals surface area contributed by atoms with Crippen LogP contribution >= 0.6 is 0 Å². The van der Waals surface area contributed by atoms with Gasteiger partial charge < -0.3 is 14.5 Å². The van der Waals surface area contributed by atoms with Crippen molar-refractivity contribution in [3.8, 4) is 5.75 Å². The zero-order chi connectivity index (χ0) is 19.8. The molecule has 3 amide bonds. The molecule has 0 aliphatic carbocycles. The molecule has 2 atom stereocenters. The third-order valence-electron chi connectivity index (χ3n) is 5.76. The number of carbonyl (C=O) groups is 2. The van der Waals surface area contributed by atoms with Gasteiger partial charge in [0.25, 0.3) is 5.91 Å². The van der Waals surface area contributed by atoms with Crippen LogP contribution in [0.25, 0.3) is 0 Å². The maximum absolute atomic E-state index is 13.1. The fourth-order valence-electron chi connectivity index (χ4n) is 4.11. The van der Waals surface area contributed by atoms with Crippen LogP contribution in [0.15, 0.2) is 48.5 Å². The van der Waals surface area contributed by atoms with E-state index in [0.717, 1.165) is 22.4 Å². The van der Waals surface area contributed by atoms with Crippen LogP contribution in [0.5, 0.6) is 5.75 Å². The van der Waals surface area contributed by atoms with E-state index in [2.05, 4.69) is 0 Å². The van der Waals surface area contributed by atoms with E-state index in [1.165, 1.54) is 4.90 Å². The molecule has 0 aromatic heterocycles. The molecule has 2 aromatic rings. The highest BCUT2D eigenvalue weighted by Gasteiger charge is 2.47. The average molecular weight is 379 g/mol. The molecule has 6 heteroatoms. The fourth-order valence-corrected chi connectivity index (χ4v) is 4.11. The number of rotatable bonds is 5. The van der Waals surface area contributed by atoms with Gasteiger partial charge in [0.2, 0.25) is 0 Å². The van der Waals surface area contributed by atoms with Crippen LogP contribution in [-0.4, -0.2) is 60.4 Å². The van der Waals surface area contributed by atoms with Gasteiger partial charge in [0.05, 0.1) is 19.7 Å². The van der Waals surface area contributed by atoms with E-state index in [-0.39, 0.29) is 24.0 Å². The van der Waals surface area contributed by atoms with Gasteiger partial charge in [-0.3, -0.25) is 9.69 Å². The molecule has 6 nitrogen and oxygen atoms in total. The molecule has 0 N–H and O–H groups in total. The molecule has 2 heterocycles. The second kappa shape index (κ2) is 7.28. The smallest absolute Gasteiger partial charge is 0.327 e. The minimum absolute atomic E-state index is 0.0810. The summed E-state index contributed by atoms with van der Waals surface area (Å²) in [6.45, 7) is 0.831. The van der Waals surface area contributed by atoms with Gasteiger partial charge >= 0.3 is 6.03 Å². The van der Waals surface area contributed by atoms with E-state index >= 15 is 0 Å². The predicted molar refractivity (Wildman–Crippen MR) is 106 cm³/mol. The maximum Gasteiger partial charge on any atom is 0.327 e. The van der Waals surface area contributed by atoms with Crippen LogP contribution in [0.3, 0.4) is 0 Å². The first-order valence-electron chi connectivity index (χ1n) is 9.48. The van der Waals surface area contributed by atoms with Gasteiger partial charge in [0.15, 0.2) is 0 Å². The lowest BCUT2D eigenvalue weighted by Crippen LogP contribution is -2.40. The van der Waals surface area contributed by atoms with Crippen molar-refractivity contribution in [1.29, 1.82) is 0 Å². The van der Waals surface area contributed by atoms with E-state index in [4.69, 9.17) is 4.74 Å². The Morgan fingerprint density at radius 2 is 1.75 bits per heavy atom. The molecule has 4 rings (SSSR count). The minimum atomic E-state index is -0.388. The molecule has 0 bridgehead atoms. The molecule has 2 aromatic carbocycles. The summed E-state index contributed by atoms with van der Waals surface area (Å²) in [5, 5.41) is 0. The number of likely N-dealkylation sites (N-methyl/N-ethyl adjacent to an activating group) is 1. The summed E-state index contributed by atoms with van der Waals surface area (Å²) >= 11 is 0. The lowest BCUT2D eigenvalue weighted by Gasteiger charge is -2.29. The number of amides is 3. The number of nitrogens with zero attached hydrogens (tertiary/aromatic N) is 3. The molecule has 0 radical (unpaired) electrons. The number of carbonyl (C=O) groups excluding carboxylic acids is 2. The number of ether oxygens (including phenoxy) is 1. The van der Waals surface area contributed by atoms with Crippen molar-refractivity contribution in [2.45, 2.75) is 25.0 Å². The zero-order valence-corrected chi connectivity index (χ0v) is 16.5. The average Bonchev–Trinajstić information content (AvgIpc) is 2.94. The van der Waals surface area contributed by atoms with Gasteiger partial charge in [-0.2, -0.15) is 0 Å². The number of urea groups is 1. The minimum Gasteiger partial charge on any atom is -0.497 e. The number of hydrogen-bond acceptors (Lipinski definition) is 4. The summed E-state index contributed by atoms with van der Waals surface area (Å²) in [5.41, 5.74) is 3.33. The van der Waals surface area contributed by atoms with E-state index in [1.807, 2.05) is 67.5 Å². The second-order valence-electron chi connectivity index (χ2n) is 7.60. The van der Waals surface area contributed by atoms with Gasteiger partial charge in [0, 0.05) is 13.0 Å². The molecular weight excluding hydrogens is 354 g/mol. The molecule has 0 unspecified atom stereocenters. The predicted octanol–water partition coefficient (Wildman–Crippen LogP) is 2.69. The molecule has 0 saturated carbocycles. The zero-order valence-electron chi connectivity index (χ0n) is 16.5. The number of methoxy groups -OCH3 is 1. The van der Waals surface area contributed by atoms with Crippen LogP contribution in [0.2, 0.25) is 0 Å². The first-order valence-corrected chi connectivity index (χ1v) is 9.48. The first kappa shape index (κ1) is 18.5. The highest BCUT2D eigenvalue weighted by atomic mass is 16.5. The lowest BCUT2D eigenvalue weighted by atomic mass is 9.95. The summed E-state index contributed by atoms with van der Waals surface area (Å²) in [6.07, 6.45) is 0.590. The molecule has 28 heavy (non-hydrogen) atoms. The van der Waals surface area contributed by atoms with E-state index < -0.39 is 0 Å². The highest BCUT2D eigenvalue weighted by Crippen LogP contribution is 2.32. The normalized spacial score (nSPS) is 19.6. The number of hydrogen-bond donors (Lipinski definition) is 0. The van der Waals surface area contributed by atoms with Crippen LogP contribution in [0.4, 0.5) is 4.79 Å². The standard InChI is InChI=1S/C22H25N3O3/c1-23(2)20(15-8-10-18(28-3)11-9-15)14-25-21(26)19-12-16-6-4-5-7-17(16)13-24(19)22(25)27/h4-11,19-20H,12-14H2,1-3H3/t19-,20-/m1/s1. The Bertz CT molecular complexity index is 851. The largest absolute Gasteiger partial charge is 0.497 e. The van der Waals surface area contributed by atoms with Crippen LogP contribution in [0, 0.1) is 0 Å². The number of fused-ring (bicyclic) bond motifs is 2. The van der Waals surface area contributed by atoms with E-state index in [1.54, 1.807) is 12.0 Å². The summed E-state index contributed by atoms with van der Waals surface area (Å²) in [7, 11) is 5.56. The fraction of sp³-hybridized carbons (Fsp3) is 0.364. The molecule has 2 aliphatic heterocycles. The Balaban J connectivity index is 1.57. The summed E-state index contributed by atoms with van der Waals surface area (Å²) in [6, 6.07) is 15.2. The van der Waals surface area contributed by atoms with Crippen molar-refractivity contribution in [2.75, 3.05) is 27.7 Å². The van der Waals surface area contributed by atoms with Gasteiger partial charge in [-0.1, -0.05) is 36.4 Å². The molecule has 1 fully saturated rings. The quantitative estimate of drug-likeness (QED) is 0.750. The van der Waals surface area contributed by atoms with Crippen LogP contribution in [-0.2, 0) is 17.8 Å². The Kier molecular flexibility index (Phi) is 4.81. The summed E-state index contributed by atoms with van der Waals surface area (Å²) in [5.74, 6) is 0.685. The van der Waals surface area contributed by atoms with E-state index in [0.29, 0.717) is 19.5 Å². The van der Waals surface area contributed by atoms with Gasteiger partial charge in [-0.05, 0) is 42.9 Å². The van der Waals surface area contributed by atoms with Crippen molar-refractivity contribution in [1.82, 2.24) is 14.7 Å². The second-order valence-corrected chi connectivity index (χ2v) is 7.60. The van der Waals surface area contributed by atoms with Crippen molar-refractivity contribution >= 4 is 11.9 Å². The van der Waals surface area contributed by atoms with Crippen molar-refractivity contribution in [2.24, 2.45) is 0 Å². The van der Waals surface area contributed by atoms with Gasteiger partial charge in [-0.25, -0.2) is 4.79 Å². The molecular formula is C22H25N3O3. The molecule has 1 saturated heterocycles. The number of benzene rings is 2. The molecule has 2 aliphatic rings. The highest BCUT2D eigenvalue weighted by molar-refractivity contribution is 6.04. The summed E-state index contributed by atoms with van der Waals surface area (Å²) < 4.78 is 5.23. The van der Waals surface area contributed by atoms with Crippen molar-refractivity contribution in [3.05, 3.63) is 65.2 Å². The third kappa shape index (κ3) is 3.14. The van der Waals surface area contributed by atoms with Gasteiger partial charge in [0.1, 0.15) is 11.8 Å². The Hall–Kier alpha value is -2.86. The first-order chi connectivity index (χ1) is 13.5. The molecule has 146 valence electrons. The summed E-state index contributed by atoms with van der Waals surface area (Å²) in [4.78, 5) is 31.3. The Labute approximate surface area is 165 Å². The van der Waals surface area contributed by atoms with E-state index in [9.17, 15) is 9.59 Å². The van der Waals surface area contributed by atoms with Crippen molar-refractivity contribution in [3.63, 3.8) is 0 Å². The maximum atomic E-state index is 13.1. The monoisotopic (exact) mass is 379 g/mol. The van der Waals surface area contributed by atoms with Crippen LogP contribution < -0.4 is 4.74 Å². The Morgan fingerprint density at radius 1 is 1.07 bits per heavy atom. The van der Waals surface area contributed by atoms with Crippen LogP contribution in [0.1, 0.15) is 22.7 Å². The number of imide groups is 1.